The topological polar surface area (TPSA) is 79.9 Å². The second-order valence-corrected chi connectivity index (χ2v) is 7.11. The van der Waals surface area contributed by atoms with E-state index < -0.39 is 9.84 Å². The summed E-state index contributed by atoms with van der Waals surface area (Å²) in [6, 6.07) is 1.48. The van der Waals surface area contributed by atoms with Gasteiger partial charge in [0, 0.05) is 23.8 Å². The van der Waals surface area contributed by atoms with Crippen molar-refractivity contribution in [2.75, 3.05) is 17.8 Å². The van der Waals surface area contributed by atoms with Gasteiger partial charge in [0.15, 0.2) is 5.16 Å². The van der Waals surface area contributed by atoms with E-state index in [0.717, 1.165) is 18.5 Å². The van der Waals surface area contributed by atoms with E-state index >= 15 is 0 Å². The number of aromatic nitrogens is 2. The van der Waals surface area contributed by atoms with Gasteiger partial charge < -0.3 is 4.98 Å². The van der Waals surface area contributed by atoms with Crippen LogP contribution in [-0.2, 0) is 16.3 Å². The molecule has 5 nitrogen and oxygen atoms in total. The highest BCUT2D eigenvalue weighted by atomic mass is 32.2. The third-order valence-corrected chi connectivity index (χ3v) is 4.05. The van der Waals surface area contributed by atoms with E-state index in [-0.39, 0.29) is 11.3 Å². The Bertz CT molecular complexity index is 523. The SMILES string of the molecule is CCCc1cc(=O)[nH]c(SCCS(C)(=O)=O)n1. The summed E-state index contributed by atoms with van der Waals surface area (Å²) in [5, 5.41) is 0.490. The number of aryl methyl sites for hydroxylation is 1. The molecule has 1 rings (SSSR count). The maximum Gasteiger partial charge on any atom is 0.251 e. The molecular formula is C10H16N2O3S2. The van der Waals surface area contributed by atoms with Crippen molar-refractivity contribution in [3.8, 4) is 0 Å². The van der Waals surface area contributed by atoms with E-state index in [0.29, 0.717) is 10.9 Å². The fourth-order valence-electron chi connectivity index (χ4n) is 1.23. The number of hydrogen-bond acceptors (Lipinski definition) is 5. The van der Waals surface area contributed by atoms with Crippen LogP contribution < -0.4 is 5.56 Å². The van der Waals surface area contributed by atoms with E-state index in [4.69, 9.17) is 0 Å². The summed E-state index contributed by atoms with van der Waals surface area (Å²) in [6.07, 6.45) is 2.87. The molecule has 7 heteroatoms. The fraction of sp³-hybridized carbons (Fsp3) is 0.600. The standard InChI is InChI=1S/C10H16N2O3S2/c1-3-4-8-7-9(13)12-10(11-8)16-5-6-17(2,14)15/h7H,3-6H2,1-2H3,(H,11,12,13). The smallest absolute Gasteiger partial charge is 0.251 e. The Morgan fingerprint density at radius 2 is 2.18 bits per heavy atom. The van der Waals surface area contributed by atoms with Crippen molar-refractivity contribution in [1.82, 2.24) is 9.97 Å². The molecule has 0 spiro atoms. The van der Waals surface area contributed by atoms with Gasteiger partial charge in [0.1, 0.15) is 9.84 Å². The molecule has 1 N–H and O–H groups in total. The van der Waals surface area contributed by atoms with Gasteiger partial charge in [-0.05, 0) is 6.42 Å². The zero-order valence-electron chi connectivity index (χ0n) is 9.89. The lowest BCUT2D eigenvalue weighted by molar-refractivity contribution is 0.603. The fourth-order valence-corrected chi connectivity index (χ4v) is 3.32. The van der Waals surface area contributed by atoms with Gasteiger partial charge in [-0.1, -0.05) is 25.1 Å². The second-order valence-electron chi connectivity index (χ2n) is 3.77. The van der Waals surface area contributed by atoms with Crippen LogP contribution in [0.5, 0.6) is 0 Å². The predicted octanol–water partition coefficient (Wildman–Crippen LogP) is 0.859. The van der Waals surface area contributed by atoms with Crippen LogP contribution in [0.15, 0.2) is 16.0 Å². The maximum absolute atomic E-state index is 11.3. The molecule has 17 heavy (non-hydrogen) atoms. The number of hydrogen-bond donors (Lipinski definition) is 1. The van der Waals surface area contributed by atoms with Crippen LogP contribution in [0.1, 0.15) is 19.0 Å². The molecule has 1 aromatic heterocycles. The highest BCUT2D eigenvalue weighted by molar-refractivity contribution is 8.00. The van der Waals surface area contributed by atoms with Crippen molar-refractivity contribution in [2.45, 2.75) is 24.9 Å². The Morgan fingerprint density at radius 1 is 1.47 bits per heavy atom. The highest BCUT2D eigenvalue weighted by Gasteiger charge is 2.05. The molecule has 0 aliphatic rings. The first-order chi connectivity index (χ1) is 7.90. The van der Waals surface area contributed by atoms with Crippen LogP contribution in [0.2, 0.25) is 0 Å². The lowest BCUT2D eigenvalue weighted by Gasteiger charge is -2.02. The third-order valence-electron chi connectivity index (χ3n) is 1.97. The molecule has 0 aliphatic heterocycles. The molecule has 0 fully saturated rings. The average Bonchev–Trinajstić information content (AvgIpc) is 2.15. The third kappa shape index (κ3) is 5.88. The number of sulfone groups is 1. The molecule has 0 aliphatic carbocycles. The van der Waals surface area contributed by atoms with Crippen LogP contribution >= 0.6 is 11.8 Å². The largest absolute Gasteiger partial charge is 0.301 e. The summed E-state index contributed by atoms with van der Waals surface area (Å²) in [4.78, 5) is 18.2. The Balaban J connectivity index is 2.68. The van der Waals surface area contributed by atoms with Crippen LogP contribution in [0.3, 0.4) is 0 Å². The van der Waals surface area contributed by atoms with Crippen molar-refractivity contribution < 1.29 is 8.42 Å². The summed E-state index contributed by atoms with van der Waals surface area (Å²) in [6.45, 7) is 2.01. The van der Waals surface area contributed by atoms with Gasteiger partial charge in [0.05, 0.1) is 5.75 Å². The van der Waals surface area contributed by atoms with E-state index in [1.165, 1.54) is 24.1 Å². The zero-order chi connectivity index (χ0) is 12.9. The van der Waals surface area contributed by atoms with E-state index in [2.05, 4.69) is 9.97 Å². The molecule has 0 bridgehead atoms. The molecule has 0 unspecified atom stereocenters. The molecule has 0 atom stereocenters. The number of thioether (sulfide) groups is 1. The van der Waals surface area contributed by atoms with Crippen molar-refractivity contribution in [3.63, 3.8) is 0 Å². The molecular weight excluding hydrogens is 260 g/mol. The van der Waals surface area contributed by atoms with Gasteiger partial charge in [-0.15, -0.1) is 0 Å². The van der Waals surface area contributed by atoms with Crippen molar-refractivity contribution in [2.24, 2.45) is 0 Å². The Hall–Kier alpha value is -0.820. The van der Waals surface area contributed by atoms with E-state index in [9.17, 15) is 13.2 Å². The van der Waals surface area contributed by atoms with Gasteiger partial charge in [-0.2, -0.15) is 0 Å². The molecule has 1 heterocycles. The minimum Gasteiger partial charge on any atom is -0.301 e. The lowest BCUT2D eigenvalue weighted by Crippen LogP contribution is -2.11. The quantitative estimate of drug-likeness (QED) is 0.615. The van der Waals surface area contributed by atoms with E-state index in [1.54, 1.807) is 0 Å². The van der Waals surface area contributed by atoms with Gasteiger partial charge in [-0.3, -0.25) is 4.79 Å². The zero-order valence-corrected chi connectivity index (χ0v) is 11.5. The van der Waals surface area contributed by atoms with E-state index in [1.807, 2.05) is 6.92 Å². The van der Waals surface area contributed by atoms with Crippen molar-refractivity contribution in [1.29, 1.82) is 0 Å². The Morgan fingerprint density at radius 3 is 2.76 bits per heavy atom. The Labute approximate surface area is 105 Å². The first-order valence-electron chi connectivity index (χ1n) is 5.31. The van der Waals surface area contributed by atoms with Crippen molar-refractivity contribution >= 4 is 21.6 Å². The summed E-state index contributed by atoms with van der Waals surface area (Å²) in [5.41, 5.74) is 0.559. The monoisotopic (exact) mass is 276 g/mol. The minimum absolute atomic E-state index is 0.0827. The minimum atomic E-state index is -2.97. The Kier molecular flexibility index (Phi) is 5.20. The van der Waals surface area contributed by atoms with Crippen LogP contribution in [0.4, 0.5) is 0 Å². The molecule has 0 saturated heterocycles. The molecule has 0 radical (unpaired) electrons. The van der Waals surface area contributed by atoms with Crippen molar-refractivity contribution in [3.05, 3.63) is 22.1 Å². The molecule has 0 amide bonds. The highest BCUT2D eigenvalue weighted by Crippen LogP contribution is 2.12. The predicted molar refractivity (Wildman–Crippen MR) is 69.3 cm³/mol. The summed E-state index contributed by atoms with van der Waals surface area (Å²) in [7, 11) is -2.97. The molecule has 0 saturated carbocycles. The summed E-state index contributed by atoms with van der Waals surface area (Å²) in [5.74, 6) is 0.483. The number of aromatic amines is 1. The first kappa shape index (κ1) is 14.2. The normalized spacial score (nSPS) is 11.6. The number of rotatable bonds is 6. The molecule has 0 aromatic carbocycles. The number of nitrogens with one attached hydrogen (secondary N) is 1. The second kappa shape index (κ2) is 6.20. The first-order valence-corrected chi connectivity index (χ1v) is 8.36. The van der Waals surface area contributed by atoms with Crippen LogP contribution in [0.25, 0.3) is 0 Å². The van der Waals surface area contributed by atoms with Gasteiger partial charge in [0.25, 0.3) is 5.56 Å². The van der Waals surface area contributed by atoms with Gasteiger partial charge >= 0.3 is 0 Å². The number of nitrogens with zero attached hydrogens (tertiary/aromatic N) is 1. The lowest BCUT2D eigenvalue weighted by atomic mass is 10.2. The van der Waals surface area contributed by atoms with Crippen LogP contribution in [0, 0.1) is 0 Å². The molecule has 96 valence electrons. The number of H-pyrrole nitrogens is 1. The summed E-state index contributed by atoms with van der Waals surface area (Å²) < 4.78 is 21.9. The summed E-state index contributed by atoms with van der Waals surface area (Å²) >= 11 is 1.26. The molecule has 1 aromatic rings. The van der Waals surface area contributed by atoms with Crippen LogP contribution in [-0.4, -0.2) is 36.1 Å². The average molecular weight is 276 g/mol. The van der Waals surface area contributed by atoms with Gasteiger partial charge in [-0.25, -0.2) is 13.4 Å². The maximum atomic E-state index is 11.3. The van der Waals surface area contributed by atoms with Gasteiger partial charge in [0.2, 0.25) is 0 Å².